The van der Waals surface area contributed by atoms with Crippen molar-refractivity contribution in [2.24, 2.45) is 0 Å². The number of rotatable bonds is 9. The molecule has 0 saturated heterocycles. The number of hydrogen-bond acceptors (Lipinski definition) is 0. The third-order valence-corrected chi connectivity index (χ3v) is 7.10. The molecule has 0 fully saturated rings. The normalized spacial score (nSPS) is 13.4. The second-order valence-corrected chi connectivity index (χ2v) is 9.10. The van der Waals surface area contributed by atoms with Gasteiger partial charge >= 0.3 is 0 Å². The molecule has 0 N–H and O–H groups in total. The van der Waals surface area contributed by atoms with E-state index in [2.05, 4.69) is 128 Å². The standard InChI is InChI=1S/C31H31Cl/c1-25(26-14-6-2-7-15-26)22-31(29-18-10-4-11-19-29,30-20-12-5-13-21-30)23-28(24-32)27-16-8-3-9-17-27/h2-21,25,28H,22-24H2,1H3. The van der Waals surface area contributed by atoms with E-state index in [1.54, 1.807) is 0 Å². The lowest BCUT2D eigenvalue weighted by molar-refractivity contribution is 0.380. The molecule has 162 valence electrons. The van der Waals surface area contributed by atoms with E-state index >= 15 is 0 Å². The van der Waals surface area contributed by atoms with Crippen LogP contribution in [0.2, 0.25) is 0 Å². The molecule has 0 saturated carbocycles. The maximum Gasteiger partial charge on any atom is 0.0292 e. The molecule has 0 spiro atoms. The van der Waals surface area contributed by atoms with Gasteiger partial charge in [-0.15, -0.1) is 11.6 Å². The van der Waals surface area contributed by atoms with Crippen LogP contribution >= 0.6 is 11.6 Å². The predicted molar refractivity (Wildman–Crippen MR) is 138 cm³/mol. The zero-order chi connectivity index (χ0) is 22.2. The van der Waals surface area contributed by atoms with Crippen LogP contribution in [0.4, 0.5) is 0 Å². The first-order chi connectivity index (χ1) is 15.7. The molecular formula is C31H31Cl. The Bertz CT molecular complexity index is 1020. The molecule has 4 rings (SSSR count). The molecule has 2 atom stereocenters. The smallest absolute Gasteiger partial charge is 0.0292 e. The Morgan fingerprint density at radius 3 is 1.41 bits per heavy atom. The van der Waals surface area contributed by atoms with Crippen molar-refractivity contribution in [1.29, 1.82) is 0 Å². The fourth-order valence-electron chi connectivity index (χ4n) is 5.07. The maximum atomic E-state index is 6.64. The highest BCUT2D eigenvalue weighted by Gasteiger charge is 2.38. The minimum Gasteiger partial charge on any atom is -0.126 e. The highest BCUT2D eigenvalue weighted by molar-refractivity contribution is 6.18. The number of halogens is 1. The van der Waals surface area contributed by atoms with Crippen molar-refractivity contribution in [2.45, 2.75) is 37.0 Å². The number of hydrogen-bond donors (Lipinski definition) is 0. The van der Waals surface area contributed by atoms with Gasteiger partial charge in [-0.2, -0.15) is 0 Å². The van der Waals surface area contributed by atoms with Crippen molar-refractivity contribution < 1.29 is 0 Å². The lowest BCUT2D eigenvalue weighted by Crippen LogP contribution is -2.32. The van der Waals surface area contributed by atoms with Gasteiger partial charge in [-0.25, -0.2) is 0 Å². The second kappa shape index (κ2) is 10.7. The van der Waals surface area contributed by atoms with Gasteiger partial charge in [0.1, 0.15) is 0 Å². The van der Waals surface area contributed by atoms with Gasteiger partial charge < -0.3 is 0 Å². The van der Waals surface area contributed by atoms with E-state index in [4.69, 9.17) is 11.6 Å². The van der Waals surface area contributed by atoms with Crippen LogP contribution in [0, 0.1) is 0 Å². The van der Waals surface area contributed by atoms with Crippen LogP contribution in [0.5, 0.6) is 0 Å². The first kappa shape index (κ1) is 22.4. The zero-order valence-electron chi connectivity index (χ0n) is 18.7. The van der Waals surface area contributed by atoms with Crippen molar-refractivity contribution in [1.82, 2.24) is 0 Å². The summed E-state index contributed by atoms with van der Waals surface area (Å²) in [4.78, 5) is 0. The largest absolute Gasteiger partial charge is 0.126 e. The van der Waals surface area contributed by atoms with Crippen LogP contribution in [0.3, 0.4) is 0 Å². The maximum absolute atomic E-state index is 6.64. The van der Waals surface area contributed by atoms with Gasteiger partial charge in [0.05, 0.1) is 0 Å². The highest BCUT2D eigenvalue weighted by Crippen LogP contribution is 2.47. The molecule has 0 amide bonds. The fourth-order valence-corrected chi connectivity index (χ4v) is 5.35. The van der Waals surface area contributed by atoms with E-state index in [0.29, 0.717) is 11.8 Å². The van der Waals surface area contributed by atoms with Crippen LogP contribution < -0.4 is 0 Å². The quantitative estimate of drug-likeness (QED) is 0.229. The van der Waals surface area contributed by atoms with Crippen molar-refractivity contribution in [3.63, 3.8) is 0 Å². The zero-order valence-corrected chi connectivity index (χ0v) is 19.5. The molecule has 0 aromatic heterocycles. The van der Waals surface area contributed by atoms with Crippen molar-refractivity contribution >= 4 is 11.6 Å². The van der Waals surface area contributed by atoms with Crippen LogP contribution in [0.25, 0.3) is 0 Å². The van der Waals surface area contributed by atoms with E-state index in [0.717, 1.165) is 12.8 Å². The first-order valence-corrected chi connectivity index (χ1v) is 12.0. The van der Waals surface area contributed by atoms with Crippen molar-refractivity contribution in [2.75, 3.05) is 5.88 Å². The van der Waals surface area contributed by atoms with Gasteiger partial charge in [-0.3, -0.25) is 0 Å². The Labute approximate surface area is 197 Å². The van der Waals surface area contributed by atoms with Crippen LogP contribution in [-0.2, 0) is 5.41 Å². The van der Waals surface area contributed by atoms with Crippen LogP contribution in [0.15, 0.2) is 121 Å². The molecule has 0 heterocycles. The molecule has 0 radical (unpaired) electrons. The summed E-state index contributed by atoms with van der Waals surface area (Å²) in [5.41, 5.74) is 5.27. The molecule has 0 nitrogen and oxygen atoms in total. The topological polar surface area (TPSA) is 0 Å². The molecule has 2 unspecified atom stereocenters. The SMILES string of the molecule is CC(CC(CC(CCl)c1ccccc1)(c1ccccc1)c1ccccc1)c1ccccc1. The van der Waals surface area contributed by atoms with Gasteiger partial charge in [0.25, 0.3) is 0 Å². The third-order valence-electron chi connectivity index (χ3n) is 6.73. The summed E-state index contributed by atoms with van der Waals surface area (Å²) in [5.74, 6) is 1.27. The van der Waals surface area contributed by atoms with Gasteiger partial charge in [-0.1, -0.05) is 128 Å². The van der Waals surface area contributed by atoms with E-state index < -0.39 is 0 Å². The summed E-state index contributed by atoms with van der Waals surface area (Å²) in [5, 5.41) is 0. The minimum atomic E-state index is -0.146. The molecule has 4 aromatic rings. The molecular weight excluding hydrogens is 408 g/mol. The fraction of sp³-hybridized carbons (Fsp3) is 0.226. The van der Waals surface area contributed by atoms with Crippen molar-refractivity contribution in [3.8, 4) is 0 Å². The number of benzene rings is 4. The van der Waals surface area contributed by atoms with Gasteiger partial charge in [0.2, 0.25) is 0 Å². The van der Waals surface area contributed by atoms with Gasteiger partial charge in [-0.05, 0) is 46.9 Å². The Hall–Kier alpha value is -2.83. The summed E-state index contributed by atoms with van der Waals surface area (Å²) >= 11 is 6.64. The summed E-state index contributed by atoms with van der Waals surface area (Å²) in [6, 6.07) is 43.7. The minimum absolute atomic E-state index is 0.146. The molecule has 32 heavy (non-hydrogen) atoms. The summed E-state index contributed by atoms with van der Waals surface area (Å²) in [6.45, 7) is 2.36. The molecule has 4 aromatic carbocycles. The van der Waals surface area contributed by atoms with E-state index in [9.17, 15) is 0 Å². The van der Waals surface area contributed by atoms with Crippen LogP contribution in [-0.4, -0.2) is 5.88 Å². The molecule has 0 aliphatic heterocycles. The Balaban J connectivity index is 1.84. The second-order valence-electron chi connectivity index (χ2n) is 8.80. The molecule has 0 bridgehead atoms. The van der Waals surface area contributed by atoms with Crippen LogP contribution in [0.1, 0.15) is 53.9 Å². The molecule has 1 heteroatoms. The summed E-state index contributed by atoms with van der Waals surface area (Å²) in [6.07, 6.45) is 1.98. The average Bonchev–Trinajstić information content (AvgIpc) is 2.88. The van der Waals surface area contributed by atoms with Crippen molar-refractivity contribution in [3.05, 3.63) is 144 Å². The summed E-state index contributed by atoms with van der Waals surface area (Å²) < 4.78 is 0. The highest BCUT2D eigenvalue weighted by atomic mass is 35.5. The predicted octanol–water partition coefficient (Wildman–Crippen LogP) is 8.58. The lowest BCUT2D eigenvalue weighted by atomic mass is 9.63. The lowest BCUT2D eigenvalue weighted by Gasteiger charge is -2.40. The average molecular weight is 439 g/mol. The van der Waals surface area contributed by atoms with Gasteiger partial charge in [0, 0.05) is 11.3 Å². The Kier molecular flexibility index (Phi) is 7.45. The summed E-state index contributed by atoms with van der Waals surface area (Å²) in [7, 11) is 0. The van der Waals surface area contributed by atoms with E-state index in [-0.39, 0.29) is 11.3 Å². The number of alkyl halides is 1. The van der Waals surface area contributed by atoms with Gasteiger partial charge in [0.15, 0.2) is 0 Å². The Morgan fingerprint density at radius 2 is 0.969 bits per heavy atom. The molecule has 0 aliphatic rings. The van der Waals surface area contributed by atoms with E-state index in [1.165, 1.54) is 22.3 Å². The third kappa shape index (κ3) is 4.97. The van der Waals surface area contributed by atoms with E-state index in [1.807, 2.05) is 0 Å². The first-order valence-electron chi connectivity index (χ1n) is 11.5. The molecule has 0 aliphatic carbocycles. The Morgan fingerprint density at radius 1 is 0.562 bits per heavy atom. The monoisotopic (exact) mass is 438 g/mol.